The van der Waals surface area contributed by atoms with Gasteiger partial charge >= 0.3 is 11.9 Å². The fourth-order valence-corrected chi connectivity index (χ4v) is 2.58. The van der Waals surface area contributed by atoms with E-state index in [0.717, 1.165) is 0 Å². The van der Waals surface area contributed by atoms with Crippen LogP contribution in [-0.2, 0) is 19.1 Å². The highest BCUT2D eigenvalue weighted by molar-refractivity contribution is 6.04. The number of esters is 2. The lowest BCUT2D eigenvalue weighted by Crippen LogP contribution is -2.31. The Kier molecular flexibility index (Phi) is 5.51. The molecule has 0 bridgehead atoms. The summed E-state index contributed by atoms with van der Waals surface area (Å²) in [4.78, 5) is 23.8. The van der Waals surface area contributed by atoms with Crippen LogP contribution in [0.4, 0.5) is 0 Å². The van der Waals surface area contributed by atoms with E-state index in [2.05, 4.69) is 0 Å². The average molecular weight is 282 g/mol. The van der Waals surface area contributed by atoms with E-state index in [1.54, 1.807) is 19.1 Å². The van der Waals surface area contributed by atoms with Gasteiger partial charge in [0, 0.05) is 5.92 Å². The maximum absolute atomic E-state index is 11.9. The molecule has 0 aromatic rings. The van der Waals surface area contributed by atoms with Crippen LogP contribution in [-0.4, -0.2) is 37.4 Å². The second-order valence-corrected chi connectivity index (χ2v) is 4.92. The summed E-state index contributed by atoms with van der Waals surface area (Å²) >= 11 is 0. The molecule has 1 aliphatic rings. The van der Waals surface area contributed by atoms with E-state index in [0.29, 0.717) is 6.42 Å². The molecule has 1 fully saturated rings. The third-order valence-corrected chi connectivity index (χ3v) is 3.87. The topological polar surface area (TPSA) is 72.8 Å². The summed E-state index contributed by atoms with van der Waals surface area (Å²) in [5, 5.41) is 9.73. The van der Waals surface area contributed by atoms with Crippen molar-refractivity contribution in [2.45, 2.75) is 26.4 Å². The molecule has 0 aromatic heterocycles. The number of hydrogen-bond donors (Lipinski definition) is 1. The van der Waals surface area contributed by atoms with Crippen molar-refractivity contribution < 1.29 is 24.2 Å². The summed E-state index contributed by atoms with van der Waals surface area (Å²) < 4.78 is 9.45. The number of aliphatic hydroxyl groups excluding tert-OH is 1. The molecule has 0 amide bonds. The van der Waals surface area contributed by atoms with Crippen LogP contribution in [0.2, 0.25) is 0 Å². The normalized spacial score (nSPS) is 25.6. The maximum atomic E-state index is 11.9. The van der Waals surface area contributed by atoms with Crippen LogP contribution in [0.25, 0.3) is 0 Å². The molecule has 3 atom stereocenters. The zero-order valence-electron chi connectivity index (χ0n) is 12.3. The third kappa shape index (κ3) is 2.77. The Bertz CT molecular complexity index is 408. The second-order valence-electron chi connectivity index (χ2n) is 4.92. The molecule has 1 unspecified atom stereocenters. The molecule has 1 rings (SSSR count). The van der Waals surface area contributed by atoms with Gasteiger partial charge in [0.15, 0.2) is 5.41 Å². The molecule has 20 heavy (non-hydrogen) atoms. The van der Waals surface area contributed by atoms with E-state index in [1.807, 2.05) is 19.1 Å². The van der Waals surface area contributed by atoms with E-state index in [-0.39, 0.29) is 11.8 Å². The van der Waals surface area contributed by atoms with Gasteiger partial charge < -0.3 is 14.6 Å². The van der Waals surface area contributed by atoms with Gasteiger partial charge in [0.2, 0.25) is 0 Å². The van der Waals surface area contributed by atoms with Gasteiger partial charge in [-0.05, 0) is 19.3 Å². The molecule has 0 heterocycles. The predicted octanol–water partition coefficient (Wildman–Crippen LogP) is 1.47. The van der Waals surface area contributed by atoms with Crippen LogP contribution >= 0.6 is 0 Å². The number of hydrogen-bond acceptors (Lipinski definition) is 5. The summed E-state index contributed by atoms with van der Waals surface area (Å²) in [6.45, 7) is 3.67. The SMILES string of the molecule is C/C=C/CC(O)/C=C/[C@@H]1[C@@H](C)C1(C(=O)OC)C(=O)OC. The van der Waals surface area contributed by atoms with Gasteiger partial charge in [-0.2, -0.15) is 0 Å². The number of carbonyl (C=O) groups excluding carboxylic acids is 2. The molecule has 1 saturated carbocycles. The highest BCUT2D eigenvalue weighted by atomic mass is 16.5. The van der Waals surface area contributed by atoms with E-state index in [9.17, 15) is 14.7 Å². The lowest BCUT2D eigenvalue weighted by Gasteiger charge is -2.11. The van der Waals surface area contributed by atoms with Crippen LogP contribution < -0.4 is 0 Å². The predicted molar refractivity (Wildman–Crippen MR) is 73.7 cm³/mol. The van der Waals surface area contributed by atoms with Crippen LogP contribution in [0.5, 0.6) is 0 Å². The van der Waals surface area contributed by atoms with Crippen LogP contribution in [0.15, 0.2) is 24.3 Å². The molecule has 0 spiro atoms. The highest BCUT2D eigenvalue weighted by Gasteiger charge is 2.73. The Labute approximate surface area is 119 Å². The molecule has 0 aromatic carbocycles. The highest BCUT2D eigenvalue weighted by Crippen LogP contribution is 2.60. The van der Waals surface area contributed by atoms with Crippen molar-refractivity contribution in [3.05, 3.63) is 24.3 Å². The lowest BCUT2D eigenvalue weighted by atomic mass is 10.0. The van der Waals surface area contributed by atoms with Crippen molar-refractivity contribution in [2.75, 3.05) is 14.2 Å². The molecular formula is C15H22O5. The first-order chi connectivity index (χ1) is 9.46. The zero-order chi connectivity index (χ0) is 15.3. The van der Waals surface area contributed by atoms with E-state index >= 15 is 0 Å². The summed E-state index contributed by atoms with van der Waals surface area (Å²) in [7, 11) is 2.50. The largest absolute Gasteiger partial charge is 0.468 e. The summed E-state index contributed by atoms with van der Waals surface area (Å²) in [6.07, 6.45) is 6.87. The first kappa shape index (κ1) is 16.4. The molecule has 0 saturated heterocycles. The van der Waals surface area contributed by atoms with Crippen molar-refractivity contribution >= 4 is 11.9 Å². The van der Waals surface area contributed by atoms with E-state index < -0.39 is 23.5 Å². The Morgan fingerprint density at radius 3 is 2.30 bits per heavy atom. The smallest absolute Gasteiger partial charge is 0.324 e. The molecule has 0 radical (unpaired) electrons. The molecule has 0 aliphatic heterocycles. The Morgan fingerprint density at radius 2 is 1.85 bits per heavy atom. The number of aliphatic hydroxyl groups is 1. The number of ether oxygens (including phenoxy) is 2. The van der Waals surface area contributed by atoms with Crippen molar-refractivity contribution in [1.29, 1.82) is 0 Å². The summed E-state index contributed by atoms with van der Waals surface area (Å²) in [5.41, 5.74) is -1.26. The lowest BCUT2D eigenvalue weighted by molar-refractivity contribution is -0.162. The van der Waals surface area contributed by atoms with Crippen molar-refractivity contribution in [2.24, 2.45) is 17.3 Å². The second kappa shape index (κ2) is 6.70. The van der Waals surface area contributed by atoms with Gasteiger partial charge in [-0.3, -0.25) is 9.59 Å². The third-order valence-electron chi connectivity index (χ3n) is 3.87. The standard InChI is InChI=1S/C15H22O5/c1-5-6-7-11(16)8-9-12-10(2)15(12,13(17)19-3)14(18)20-4/h5-6,8-12,16H,7H2,1-4H3/b6-5+,9-8+/t10-,11?,12-/m1/s1. The first-order valence-electron chi connectivity index (χ1n) is 6.61. The van der Waals surface area contributed by atoms with E-state index in [4.69, 9.17) is 9.47 Å². The first-order valence-corrected chi connectivity index (χ1v) is 6.61. The Morgan fingerprint density at radius 1 is 1.30 bits per heavy atom. The summed E-state index contributed by atoms with van der Waals surface area (Å²) in [5.74, 6) is -1.68. The van der Waals surface area contributed by atoms with Gasteiger partial charge in [-0.15, -0.1) is 0 Å². The number of allylic oxidation sites excluding steroid dienone is 2. The van der Waals surface area contributed by atoms with Crippen molar-refractivity contribution in [3.8, 4) is 0 Å². The van der Waals surface area contributed by atoms with Gasteiger partial charge in [0.25, 0.3) is 0 Å². The molecular weight excluding hydrogens is 260 g/mol. The van der Waals surface area contributed by atoms with Gasteiger partial charge in [-0.1, -0.05) is 31.2 Å². The number of carbonyl (C=O) groups is 2. The monoisotopic (exact) mass is 282 g/mol. The zero-order valence-corrected chi connectivity index (χ0v) is 12.3. The van der Waals surface area contributed by atoms with Crippen LogP contribution in [0, 0.1) is 17.3 Å². The Balaban J connectivity index is 2.84. The minimum Gasteiger partial charge on any atom is -0.468 e. The van der Waals surface area contributed by atoms with Gasteiger partial charge in [-0.25, -0.2) is 0 Å². The minimum atomic E-state index is -1.26. The van der Waals surface area contributed by atoms with Crippen LogP contribution in [0.1, 0.15) is 20.3 Å². The maximum Gasteiger partial charge on any atom is 0.324 e. The summed E-state index contributed by atoms with van der Waals surface area (Å²) in [6, 6.07) is 0. The minimum absolute atomic E-state index is 0.201. The number of rotatable bonds is 6. The van der Waals surface area contributed by atoms with Gasteiger partial charge in [0.1, 0.15) is 0 Å². The van der Waals surface area contributed by atoms with Crippen LogP contribution in [0.3, 0.4) is 0 Å². The molecule has 112 valence electrons. The van der Waals surface area contributed by atoms with Crippen molar-refractivity contribution in [3.63, 3.8) is 0 Å². The molecule has 5 nitrogen and oxygen atoms in total. The van der Waals surface area contributed by atoms with Crippen molar-refractivity contribution in [1.82, 2.24) is 0 Å². The molecule has 1 N–H and O–H groups in total. The van der Waals surface area contributed by atoms with Gasteiger partial charge in [0.05, 0.1) is 20.3 Å². The fourth-order valence-electron chi connectivity index (χ4n) is 2.58. The Hall–Kier alpha value is -1.62. The number of methoxy groups -OCH3 is 2. The van der Waals surface area contributed by atoms with E-state index in [1.165, 1.54) is 14.2 Å². The average Bonchev–Trinajstić information content (AvgIpc) is 3.06. The fraction of sp³-hybridized carbons (Fsp3) is 0.600. The molecule has 5 heteroatoms. The quantitative estimate of drug-likeness (QED) is 0.454. The molecule has 1 aliphatic carbocycles.